The number of aromatic nitrogens is 5. The Balaban J connectivity index is 1.22. The number of halogens is 1. The molecule has 1 unspecified atom stereocenters. The van der Waals surface area contributed by atoms with Gasteiger partial charge in [-0.15, -0.1) is 0 Å². The Morgan fingerprint density at radius 2 is 1.75 bits per heavy atom. The highest BCUT2D eigenvalue weighted by atomic mass is 35.5. The molecule has 6 aromatic rings. The average molecular weight is 607 g/mol. The molecule has 7 rings (SSSR count). The van der Waals surface area contributed by atoms with Gasteiger partial charge in [-0.1, -0.05) is 54.1 Å². The van der Waals surface area contributed by atoms with Gasteiger partial charge in [-0.25, -0.2) is 4.68 Å². The smallest absolute Gasteiger partial charge is 0.269 e. The number of pyridine rings is 1. The number of hydrogen-bond acceptors (Lipinski definition) is 5. The van der Waals surface area contributed by atoms with Gasteiger partial charge in [0.1, 0.15) is 0 Å². The number of hydrogen-bond donors (Lipinski definition) is 1. The van der Waals surface area contributed by atoms with Crippen molar-refractivity contribution in [1.82, 2.24) is 24.1 Å². The van der Waals surface area contributed by atoms with Crippen LogP contribution in [0.1, 0.15) is 58.4 Å². The SMILES string of the molecule is NC(=O)c1nn(Cc2ccc(Cn3ccccc3=O)cc2)c2cccc(Cc3nn(C4CCCCO4)c4ccc(Cl)cc34)c12. The molecule has 0 bridgehead atoms. The Morgan fingerprint density at radius 3 is 2.50 bits per heavy atom. The van der Waals surface area contributed by atoms with E-state index in [4.69, 9.17) is 27.2 Å². The Labute approximate surface area is 258 Å². The van der Waals surface area contributed by atoms with E-state index in [1.54, 1.807) is 22.9 Å². The van der Waals surface area contributed by atoms with Crippen LogP contribution in [0.4, 0.5) is 0 Å². The van der Waals surface area contributed by atoms with Crippen LogP contribution in [0.15, 0.2) is 89.9 Å². The number of nitrogens with zero attached hydrogens (tertiary/aromatic N) is 5. The summed E-state index contributed by atoms with van der Waals surface area (Å²) in [5.41, 5.74) is 11.6. The Hall–Kier alpha value is -4.73. The molecule has 4 heterocycles. The van der Waals surface area contributed by atoms with Gasteiger partial charge in [-0.05, 0) is 66.3 Å². The van der Waals surface area contributed by atoms with Crippen LogP contribution in [0.25, 0.3) is 21.8 Å². The third-order valence-electron chi connectivity index (χ3n) is 8.24. The van der Waals surface area contributed by atoms with E-state index in [1.165, 1.54) is 0 Å². The lowest BCUT2D eigenvalue weighted by molar-refractivity contribution is -0.0368. The monoisotopic (exact) mass is 606 g/mol. The van der Waals surface area contributed by atoms with Crippen LogP contribution < -0.4 is 11.3 Å². The van der Waals surface area contributed by atoms with Crippen LogP contribution in [-0.4, -0.2) is 36.6 Å². The maximum Gasteiger partial charge on any atom is 0.269 e. The van der Waals surface area contributed by atoms with Gasteiger partial charge in [0.15, 0.2) is 11.9 Å². The molecular weight excluding hydrogens is 576 g/mol. The zero-order valence-corrected chi connectivity index (χ0v) is 24.8. The molecule has 1 atom stereocenters. The highest BCUT2D eigenvalue weighted by Gasteiger charge is 2.23. The predicted octanol–water partition coefficient (Wildman–Crippen LogP) is 5.69. The standard InChI is InChI=1S/C34H31ClN6O3/c35-25-14-15-28-26(19-25)27(37-41(28)31-9-2-4-17-44-31)18-24-6-5-7-29-32(24)33(34(36)43)38-40(29)21-23-12-10-22(11-13-23)20-39-16-3-1-8-30(39)42/h1,3,5-8,10-16,19,31H,2,4,9,17-18,20-21H2,(H2,36,43). The van der Waals surface area contributed by atoms with Crippen molar-refractivity contribution in [1.29, 1.82) is 0 Å². The largest absolute Gasteiger partial charge is 0.364 e. The molecule has 9 nitrogen and oxygen atoms in total. The fraction of sp³-hybridized carbons (Fsp3) is 0.235. The molecule has 1 aliphatic rings. The van der Waals surface area contributed by atoms with Crippen LogP contribution in [0.3, 0.4) is 0 Å². The number of nitrogens with two attached hydrogens (primary N) is 1. The third kappa shape index (κ3) is 5.40. The molecule has 0 radical (unpaired) electrons. The summed E-state index contributed by atoms with van der Waals surface area (Å²) in [6.45, 7) is 1.65. The number of fused-ring (bicyclic) bond motifs is 2. The number of carbonyl (C=O) groups is 1. The van der Waals surface area contributed by atoms with E-state index in [0.717, 1.165) is 63.5 Å². The molecule has 0 saturated carbocycles. The van der Waals surface area contributed by atoms with Crippen molar-refractivity contribution < 1.29 is 9.53 Å². The molecule has 3 aromatic carbocycles. The summed E-state index contributed by atoms with van der Waals surface area (Å²) in [5.74, 6) is -0.584. The molecule has 44 heavy (non-hydrogen) atoms. The van der Waals surface area contributed by atoms with Crippen LogP contribution in [0, 0.1) is 0 Å². The quantitative estimate of drug-likeness (QED) is 0.239. The van der Waals surface area contributed by atoms with E-state index in [9.17, 15) is 9.59 Å². The van der Waals surface area contributed by atoms with Crippen LogP contribution in [-0.2, 0) is 24.2 Å². The lowest BCUT2D eigenvalue weighted by atomic mass is 10.0. The Morgan fingerprint density at radius 1 is 0.932 bits per heavy atom. The Kier molecular flexibility index (Phi) is 7.49. The minimum atomic E-state index is -0.584. The summed E-state index contributed by atoms with van der Waals surface area (Å²) in [6, 6.07) is 24.9. The van der Waals surface area contributed by atoms with E-state index in [0.29, 0.717) is 31.1 Å². The molecule has 1 aliphatic heterocycles. The second-order valence-electron chi connectivity index (χ2n) is 11.2. The van der Waals surface area contributed by atoms with Crippen LogP contribution >= 0.6 is 11.6 Å². The van der Waals surface area contributed by atoms with E-state index in [1.807, 2.05) is 76.1 Å². The molecule has 3 aromatic heterocycles. The van der Waals surface area contributed by atoms with Gasteiger partial charge in [-0.3, -0.25) is 14.3 Å². The second kappa shape index (κ2) is 11.7. The average Bonchev–Trinajstić information content (AvgIpc) is 3.58. The van der Waals surface area contributed by atoms with Crippen LogP contribution in [0.2, 0.25) is 5.02 Å². The minimum absolute atomic E-state index is 0.0421. The zero-order chi connectivity index (χ0) is 30.2. The van der Waals surface area contributed by atoms with E-state index in [2.05, 4.69) is 5.10 Å². The molecular formula is C34H31ClN6O3. The van der Waals surface area contributed by atoms with E-state index >= 15 is 0 Å². The van der Waals surface area contributed by atoms with Gasteiger partial charge in [-0.2, -0.15) is 10.2 Å². The predicted molar refractivity (Wildman–Crippen MR) is 170 cm³/mol. The third-order valence-corrected chi connectivity index (χ3v) is 8.47. The topological polar surface area (TPSA) is 110 Å². The van der Waals surface area contributed by atoms with Gasteiger partial charge in [0, 0.05) is 41.1 Å². The highest BCUT2D eigenvalue weighted by Crippen LogP contribution is 2.32. The summed E-state index contributed by atoms with van der Waals surface area (Å²) >= 11 is 6.43. The van der Waals surface area contributed by atoms with E-state index in [-0.39, 0.29) is 17.5 Å². The molecule has 0 spiro atoms. The fourth-order valence-electron chi connectivity index (χ4n) is 6.08. The zero-order valence-electron chi connectivity index (χ0n) is 24.0. The van der Waals surface area contributed by atoms with Crippen molar-refractivity contribution >= 4 is 39.3 Å². The normalized spacial score (nSPS) is 15.2. The molecule has 1 fully saturated rings. The van der Waals surface area contributed by atoms with Crippen LogP contribution in [0.5, 0.6) is 0 Å². The molecule has 10 heteroatoms. The number of rotatable bonds is 8. The molecule has 222 valence electrons. The van der Waals surface area contributed by atoms with Crippen molar-refractivity contribution in [3.63, 3.8) is 0 Å². The summed E-state index contributed by atoms with van der Waals surface area (Å²) < 4.78 is 11.5. The fourth-order valence-corrected chi connectivity index (χ4v) is 6.25. The summed E-state index contributed by atoms with van der Waals surface area (Å²) in [5, 5.41) is 12.0. The lowest BCUT2D eigenvalue weighted by Gasteiger charge is -2.23. The molecule has 2 N–H and O–H groups in total. The first-order valence-corrected chi connectivity index (χ1v) is 15.1. The van der Waals surface area contributed by atoms with Crippen molar-refractivity contribution in [2.75, 3.05) is 6.61 Å². The van der Waals surface area contributed by atoms with Crippen molar-refractivity contribution in [3.8, 4) is 0 Å². The number of benzene rings is 3. The van der Waals surface area contributed by atoms with Gasteiger partial charge in [0.2, 0.25) is 0 Å². The number of ether oxygens (including phenoxy) is 1. The van der Waals surface area contributed by atoms with Crippen molar-refractivity contribution in [3.05, 3.63) is 129 Å². The molecule has 1 amide bonds. The number of amides is 1. The molecule has 0 aliphatic carbocycles. The lowest BCUT2D eigenvalue weighted by Crippen LogP contribution is -2.19. The first kappa shape index (κ1) is 28.1. The van der Waals surface area contributed by atoms with Gasteiger partial charge in [0.05, 0.1) is 29.8 Å². The summed E-state index contributed by atoms with van der Waals surface area (Å²) in [4.78, 5) is 24.8. The Bertz CT molecular complexity index is 2050. The maximum absolute atomic E-state index is 12.7. The summed E-state index contributed by atoms with van der Waals surface area (Å²) in [6.07, 6.45) is 5.16. The maximum atomic E-state index is 12.7. The number of primary amides is 1. The number of carbonyl (C=O) groups excluding carboxylic acids is 1. The second-order valence-corrected chi connectivity index (χ2v) is 11.7. The summed E-state index contributed by atoms with van der Waals surface area (Å²) in [7, 11) is 0. The van der Waals surface area contributed by atoms with Gasteiger partial charge < -0.3 is 15.0 Å². The van der Waals surface area contributed by atoms with Gasteiger partial charge in [0.25, 0.3) is 11.5 Å². The highest BCUT2D eigenvalue weighted by molar-refractivity contribution is 6.31. The minimum Gasteiger partial charge on any atom is -0.364 e. The van der Waals surface area contributed by atoms with E-state index < -0.39 is 5.91 Å². The van der Waals surface area contributed by atoms with Crippen molar-refractivity contribution in [2.45, 2.75) is 45.0 Å². The van der Waals surface area contributed by atoms with Gasteiger partial charge >= 0.3 is 0 Å². The molecule has 1 saturated heterocycles. The first-order valence-electron chi connectivity index (χ1n) is 14.7. The first-order chi connectivity index (χ1) is 21.4. The van der Waals surface area contributed by atoms with Crippen molar-refractivity contribution in [2.24, 2.45) is 5.73 Å².